The first-order valence-electron chi connectivity index (χ1n) is 5.74. The molecular weight excluding hydrogens is 299 g/mol. The van der Waals surface area contributed by atoms with Gasteiger partial charge in [-0.15, -0.1) is 0 Å². The summed E-state index contributed by atoms with van der Waals surface area (Å²) in [5.41, 5.74) is 1.42. The molecule has 0 unspecified atom stereocenters. The molecule has 0 aliphatic heterocycles. The highest BCUT2D eigenvalue weighted by molar-refractivity contribution is 6.43. The third-order valence-electron chi connectivity index (χ3n) is 2.60. The number of halogens is 2. The average Bonchev–Trinajstić information content (AvgIpc) is 2.44. The summed E-state index contributed by atoms with van der Waals surface area (Å²) in [4.78, 5) is 21.7. The van der Waals surface area contributed by atoms with Crippen molar-refractivity contribution in [3.8, 4) is 0 Å². The van der Waals surface area contributed by atoms with Gasteiger partial charge in [0, 0.05) is 25.3 Å². The van der Waals surface area contributed by atoms with Gasteiger partial charge in [0.25, 0.3) is 5.91 Å². The minimum atomic E-state index is -0.314. The summed E-state index contributed by atoms with van der Waals surface area (Å²) in [5, 5.41) is 2.82. The molecule has 2 rings (SSSR count). The first-order valence-corrected chi connectivity index (χ1v) is 6.49. The number of rotatable bonds is 3. The Labute approximate surface area is 126 Å². The quantitative estimate of drug-likeness (QED) is 0.885. The largest absolute Gasteiger partial charge is 0.378 e. The average molecular weight is 311 g/mol. The second kappa shape index (κ2) is 6.07. The van der Waals surface area contributed by atoms with Crippen LogP contribution in [0.3, 0.4) is 0 Å². The van der Waals surface area contributed by atoms with Crippen LogP contribution in [0.5, 0.6) is 0 Å². The zero-order valence-electron chi connectivity index (χ0n) is 10.9. The first-order chi connectivity index (χ1) is 9.49. The second-order valence-corrected chi connectivity index (χ2v) is 4.96. The van der Waals surface area contributed by atoms with Crippen molar-refractivity contribution in [1.29, 1.82) is 0 Å². The summed E-state index contributed by atoms with van der Waals surface area (Å²) >= 11 is 11.7. The number of aromatic nitrogens is 2. The van der Waals surface area contributed by atoms with Gasteiger partial charge >= 0.3 is 0 Å². The maximum atomic E-state index is 12.2. The molecule has 0 fully saturated rings. The van der Waals surface area contributed by atoms with E-state index < -0.39 is 0 Å². The Bertz CT molecular complexity index is 646. The van der Waals surface area contributed by atoms with Crippen LogP contribution in [0.15, 0.2) is 30.6 Å². The van der Waals surface area contributed by atoms with Crippen LogP contribution in [0.1, 0.15) is 10.4 Å². The van der Waals surface area contributed by atoms with Crippen LogP contribution in [0, 0.1) is 0 Å². The van der Waals surface area contributed by atoms with Gasteiger partial charge in [0.05, 0.1) is 0 Å². The molecule has 1 N–H and O–H groups in total. The molecule has 7 heteroatoms. The van der Waals surface area contributed by atoms with Gasteiger partial charge in [0.2, 0.25) is 0 Å². The van der Waals surface area contributed by atoms with Gasteiger partial charge < -0.3 is 10.2 Å². The number of nitrogens with zero attached hydrogens (tertiary/aromatic N) is 3. The molecule has 0 aliphatic rings. The van der Waals surface area contributed by atoms with E-state index in [1.807, 2.05) is 25.1 Å². The maximum Gasteiger partial charge on any atom is 0.256 e. The van der Waals surface area contributed by atoms with Crippen LogP contribution < -0.4 is 10.2 Å². The van der Waals surface area contributed by atoms with E-state index in [-0.39, 0.29) is 21.9 Å². The number of carbonyl (C=O) groups excluding carboxylic acids is 1. The summed E-state index contributed by atoms with van der Waals surface area (Å²) in [7, 11) is 3.80. The summed E-state index contributed by atoms with van der Waals surface area (Å²) in [6, 6.07) is 7.19. The lowest BCUT2D eigenvalue weighted by molar-refractivity contribution is 0.102. The fourth-order valence-corrected chi connectivity index (χ4v) is 1.82. The van der Waals surface area contributed by atoms with Gasteiger partial charge in [-0.25, -0.2) is 9.97 Å². The van der Waals surface area contributed by atoms with E-state index in [0.717, 1.165) is 5.69 Å². The minimum Gasteiger partial charge on any atom is -0.378 e. The van der Waals surface area contributed by atoms with Crippen molar-refractivity contribution in [2.24, 2.45) is 0 Å². The van der Waals surface area contributed by atoms with Gasteiger partial charge in [-0.3, -0.25) is 4.79 Å². The van der Waals surface area contributed by atoms with E-state index in [0.29, 0.717) is 5.56 Å². The molecule has 20 heavy (non-hydrogen) atoms. The van der Waals surface area contributed by atoms with Crippen molar-refractivity contribution in [3.05, 3.63) is 46.3 Å². The Balaban J connectivity index is 2.24. The number of benzene rings is 1. The Morgan fingerprint density at radius 2 is 2.00 bits per heavy atom. The molecule has 1 heterocycles. The Kier molecular flexibility index (Phi) is 4.42. The second-order valence-electron chi connectivity index (χ2n) is 4.23. The number of hydrogen-bond donors (Lipinski definition) is 1. The minimum absolute atomic E-state index is 0.0963. The van der Waals surface area contributed by atoms with Crippen molar-refractivity contribution >= 4 is 40.6 Å². The van der Waals surface area contributed by atoms with Gasteiger partial charge in [0.1, 0.15) is 11.3 Å². The van der Waals surface area contributed by atoms with E-state index in [9.17, 15) is 4.79 Å². The molecule has 1 amide bonds. The van der Waals surface area contributed by atoms with Crippen LogP contribution in [0.25, 0.3) is 0 Å². The van der Waals surface area contributed by atoms with Crippen molar-refractivity contribution < 1.29 is 4.79 Å². The van der Waals surface area contributed by atoms with Gasteiger partial charge in [-0.2, -0.15) is 0 Å². The molecule has 0 saturated carbocycles. The lowest BCUT2D eigenvalue weighted by atomic mass is 10.2. The fourth-order valence-electron chi connectivity index (χ4n) is 1.54. The zero-order valence-corrected chi connectivity index (χ0v) is 12.4. The number of anilines is 2. The third kappa shape index (κ3) is 3.18. The molecule has 0 bridgehead atoms. The van der Waals surface area contributed by atoms with Gasteiger partial charge in [-0.1, -0.05) is 29.3 Å². The van der Waals surface area contributed by atoms with Crippen molar-refractivity contribution in [3.63, 3.8) is 0 Å². The van der Waals surface area contributed by atoms with Crippen molar-refractivity contribution in [2.45, 2.75) is 0 Å². The SMILES string of the molecule is CN(C)c1cccc(C(=O)Nc2ncnc(Cl)c2Cl)c1. The number of carbonyl (C=O) groups is 1. The van der Waals surface area contributed by atoms with Crippen LogP contribution in [-0.2, 0) is 0 Å². The number of amides is 1. The Morgan fingerprint density at radius 1 is 1.25 bits per heavy atom. The van der Waals surface area contributed by atoms with Gasteiger partial charge in [0.15, 0.2) is 11.0 Å². The first kappa shape index (κ1) is 14.6. The molecule has 1 aromatic carbocycles. The summed E-state index contributed by atoms with van der Waals surface area (Å²) < 4.78 is 0. The summed E-state index contributed by atoms with van der Waals surface area (Å²) in [6.07, 6.45) is 1.24. The highest BCUT2D eigenvalue weighted by atomic mass is 35.5. The highest BCUT2D eigenvalue weighted by Gasteiger charge is 2.12. The van der Waals surface area contributed by atoms with Crippen LogP contribution >= 0.6 is 23.2 Å². The molecule has 0 aliphatic carbocycles. The molecule has 2 aromatic rings. The zero-order chi connectivity index (χ0) is 14.7. The maximum absolute atomic E-state index is 12.2. The molecule has 0 atom stereocenters. The molecule has 1 aromatic heterocycles. The Hall–Kier alpha value is -1.85. The van der Waals surface area contributed by atoms with E-state index >= 15 is 0 Å². The topological polar surface area (TPSA) is 58.1 Å². The van der Waals surface area contributed by atoms with Crippen LogP contribution in [0.4, 0.5) is 11.5 Å². The molecule has 0 radical (unpaired) electrons. The van der Waals surface area contributed by atoms with Crippen molar-refractivity contribution in [1.82, 2.24) is 9.97 Å². The normalized spacial score (nSPS) is 10.2. The molecule has 0 spiro atoms. The van der Waals surface area contributed by atoms with E-state index in [2.05, 4.69) is 15.3 Å². The van der Waals surface area contributed by atoms with E-state index in [1.54, 1.807) is 18.2 Å². The smallest absolute Gasteiger partial charge is 0.256 e. The predicted octanol–water partition coefficient (Wildman–Crippen LogP) is 3.10. The predicted molar refractivity (Wildman–Crippen MR) is 80.8 cm³/mol. The van der Waals surface area contributed by atoms with Gasteiger partial charge in [-0.05, 0) is 18.2 Å². The lowest BCUT2D eigenvalue weighted by Gasteiger charge is -2.13. The molecule has 5 nitrogen and oxygen atoms in total. The fraction of sp³-hybridized carbons (Fsp3) is 0.154. The standard InChI is InChI=1S/C13H12Cl2N4O/c1-19(2)9-5-3-4-8(6-9)13(20)18-12-10(14)11(15)16-7-17-12/h3-7H,1-2H3,(H,16,17,18,20). The third-order valence-corrected chi connectivity index (χ3v) is 3.34. The number of nitrogens with one attached hydrogen (secondary N) is 1. The monoisotopic (exact) mass is 310 g/mol. The Morgan fingerprint density at radius 3 is 2.70 bits per heavy atom. The molecule has 0 saturated heterocycles. The summed E-state index contributed by atoms with van der Waals surface area (Å²) in [5.74, 6) is -0.128. The van der Waals surface area contributed by atoms with E-state index in [4.69, 9.17) is 23.2 Å². The van der Waals surface area contributed by atoms with Crippen LogP contribution in [-0.4, -0.2) is 30.0 Å². The molecule has 104 valence electrons. The number of hydrogen-bond acceptors (Lipinski definition) is 4. The lowest BCUT2D eigenvalue weighted by Crippen LogP contribution is -2.15. The van der Waals surface area contributed by atoms with Crippen LogP contribution in [0.2, 0.25) is 10.2 Å². The summed E-state index contributed by atoms with van der Waals surface area (Å²) in [6.45, 7) is 0. The molecular formula is C13H12Cl2N4O. The van der Waals surface area contributed by atoms with Crippen molar-refractivity contribution in [2.75, 3.05) is 24.3 Å². The highest BCUT2D eigenvalue weighted by Crippen LogP contribution is 2.26. The van der Waals surface area contributed by atoms with E-state index in [1.165, 1.54) is 6.33 Å².